The standard InChI is InChI=1S/C36H47N5O9S/c1-5-49-28-19-37-31(26-12-7-6-11-25(26)28)50-24-17-27-30(42)39-36(33(44)40-51(47,48)35(4)15-16-35)18-23(36)14-13-21(2)9-8-10-22(3)29(38-34(45)46)32(43)41(27)20-24/h6-7,11-14,19,21-24,27,29,38H,5,8-10,15-18,20H2,1-4H3,(H,39,42)(H,40,44)(H,45,46)/t21-,22+,23+,24+,27-,29-,36+/m0/s1. The quantitative estimate of drug-likeness (QED) is 0.293. The van der Waals surface area contributed by atoms with E-state index in [0.717, 1.165) is 11.8 Å². The van der Waals surface area contributed by atoms with Crippen molar-refractivity contribution in [3.8, 4) is 11.6 Å². The first-order chi connectivity index (χ1) is 24.2. The minimum atomic E-state index is -4.00. The van der Waals surface area contributed by atoms with Crippen LogP contribution in [0, 0.1) is 17.8 Å². The van der Waals surface area contributed by atoms with E-state index in [1.54, 1.807) is 13.1 Å². The number of fused-ring (bicyclic) bond motifs is 3. The first-order valence-corrected chi connectivity index (χ1v) is 19.2. The summed E-state index contributed by atoms with van der Waals surface area (Å²) in [4.78, 5) is 60.2. The molecule has 51 heavy (non-hydrogen) atoms. The summed E-state index contributed by atoms with van der Waals surface area (Å²) in [7, 11) is -4.00. The summed E-state index contributed by atoms with van der Waals surface area (Å²) in [6, 6.07) is 5.11. The van der Waals surface area contributed by atoms with Crippen LogP contribution < -0.4 is 24.8 Å². The zero-order valence-corrected chi connectivity index (χ0v) is 30.2. The van der Waals surface area contributed by atoms with Gasteiger partial charge in [0.25, 0.3) is 5.91 Å². The van der Waals surface area contributed by atoms with Crippen molar-refractivity contribution >= 4 is 44.6 Å². The number of pyridine rings is 1. The van der Waals surface area contributed by atoms with Crippen LogP contribution in [0.15, 0.2) is 42.6 Å². The lowest BCUT2D eigenvalue weighted by atomic mass is 9.92. The van der Waals surface area contributed by atoms with Gasteiger partial charge in [-0.1, -0.05) is 50.6 Å². The number of rotatable bonds is 8. The molecule has 6 rings (SSSR count). The fourth-order valence-corrected chi connectivity index (χ4v) is 8.52. The summed E-state index contributed by atoms with van der Waals surface area (Å²) in [5, 5.41) is 16.4. The number of benzene rings is 1. The summed E-state index contributed by atoms with van der Waals surface area (Å²) in [5.74, 6) is -1.98. The second-order valence-electron chi connectivity index (χ2n) is 14.7. The number of ether oxygens (including phenoxy) is 2. The molecule has 15 heteroatoms. The van der Waals surface area contributed by atoms with Gasteiger partial charge in [0, 0.05) is 23.1 Å². The van der Waals surface area contributed by atoms with Crippen molar-refractivity contribution in [2.24, 2.45) is 17.8 Å². The highest BCUT2D eigenvalue weighted by Crippen LogP contribution is 2.48. The van der Waals surface area contributed by atoms with Crippen LogP contribution in [0.5, 0.6) is 11.6 Å². The van der Waals surface area contributed by atoms with E-state index in [-0.39, 0.29) is 31.2 Å². The second kappa shape index (κ2) is 14.0. The number of amides is 4. The number of hydrogen-bond donors (Lipinski definition) is 4. The topological polar surface area (TPSA) is 193 Å². The number of allylic oxidation sites excluding steroid dienone is 1. The largest absolute Gasteiger partial charge is 0.492 e. The zero-order valence-electron chi connectivity index (χ0n) is 29.4. The molecule has 3 fully saturated rings. The predicted octanol–water partition coefficient (Wildman–Crippen LogP) is 3.50. The maximum atomic E-state index is 14.3. The fraction of sp³-hybridized carbons (Fsp3) is 0.583. The molecule has 1 aromatic heterocycles. The Morgan fingerprint density at radius 2 is 1.84 bits per heavy atom. The number of sulfonamides is 1. The molecule has 4 aliphatic rings. The van der Waals surface area contributed by atoms with Crippen molar-refractivity contribution in [1.29, 1.82) is 0 Å². The lowest BCUT2D eigenvalue weighted by molar-refractivity contribution is -0.142. The van der Waals surface area contributed by atoms with Crippen molar-refractivity contribution in [2.45, 2.75) is 101 Å². The van der Waals surface area contributed by atoms with Crippen LogP contribution in [0.3, 0.4) is 0 Å². The Balaban J connectivity index is 1.34. The normalized spacial score (nSPS) is 30.5. The molecule has 1 saturated heterocycles. The van der Waals surface area contributed by atoms with Gasteiger partial charge in [-0.15, -0.1) is 0 Å². The van der Waals surface area contributed by atoms with Crippen molar-refractivity contribution in [3.05, 3.63) is 42.6 Å². The number of nitrogens with one attached hydrogen (secondary N) is 3. The first-order valence-electron chi connectivity index (χ1n) is 17.7. The molecule has 0 bridgehead atoms. The Morgan fingerprint density at radius 3 is 2.53 bits per heavy atom. The summed E-state index contributed by atoms with van der Waals surface area (Å²) >= 11 is 0. The number of aromatic nitrogens is 1. The Kier molecular flexibility index (Phi) is 9.96. The van der Waals surface area contributed by atoms with Gasteiger partial charge < -0.3 is 30.1 Å². The molecule has 2 aliphatic carbocycles. The monoisotopic (exact) mass is 725 g/mol. The molecular formula is C36H47N5O9S. The second-order valence-corrected chi connectivity index (χ2v) is 16.9. The van der Waals surface area contributed by atoms with Gasteiger partial charge in [0.15, 0.2) is 0 Å². The molecule has 4 amide bonds. The van der Waals surface area contributed by atoms with E-state index in [2.05, 4.69) is 20.3 Å². The molecule has 7 atom stereocenters. The van der Waals surface area contributed by atoms with E-state index in [9.17, 15) is 32.7 Å². The van der Waals surface area contributed by atoms with E-state index in [1.165, 1.54) is 4.90 Å². The number of carbonyl (C=O) groups is 4. The van der Waals surface area contributed by atoms with Gasteiger partial charge in [-0.05, 0) is 63.9 Å². The van der Waals surface area contributed by atoms with Gasteiger partial charge >= 0.3 is 6.09 Å². The third-order valence-corrected chi connectivity index (χ3v) is 13.0. The highest BCUT2D eigenvalue weighted by atomic mass is 32.2. The summed E-state index contributed by atoms with van der Waals surface area (Å²) in [6.45, 7) is 7.64. The maximum absolute atomic E-state index is 14.3. The smallest absolute Gasteiger partial charge is 0.405 e. The van der Waals surface area contributed by atoms with Crippen molar-refractivity contribution in [3.63, 3.8) is 0 Å². The molecular weight excluding hydrogens is 678 g/mol. The molecule has 0 spiro atoms. The van der Waals surface area contributed by atoms with Crippen LogP contribution in [0.2, 0.25) is 0 Å². The Bertz CT molecular complexity index is 1850. The van der Waals surface area contributed by atoms with Crippen molar-refractivity contribution in [1.82, 2.24) is 25.2 Å². The first kappa shape index (κ1) is 36.4. The fourth-order valence-electron chi connectivity index (χ4n) is 7.21. The van der Waals surface area contributed by atoms with Crippen LogP contribution in [-0.4, -0.2) is 88.8 Å². The van der Waals surface area contributed by atoms with Crippen LogP contribution in [-0.2, 0) is 24.4 Å². The van der Waals surface area contributed by atoms with Crippen molar-refractivity contribution in [2.75, 3.05) is 13.2 Å². The van der Waals surface area contributed by atoms with Gasteiger partial charge in [-0.3, -0.25) is 19.1 Å². The Hall–Kier alpha value is -4.40. The lowest BCUT2D eigenvalue weighted by Crippen LogP contribution is -2.59. The van der Waals surface area contributed by atoms with E-state index in [4.69, 9.17) is 9.47 Å². The number of hydrogen-bond acceptors (Lipinski definition) is 9. The average molecular weight is 726 g/mol. The number of nitrogens with zero attached hydrogens (tertiary/aromatic N) is 2. The van der Waals surface area contributed by atoms with Gasteiger partial charge in [-0.25, -0.2) is 18.2 Å². The van der Waals surface area contributed by atoms with Gasteiger partial charge in [0.1, 0.15) is 29.5 Å². The van der Waals surface area contributed by atoms with E-state index < -0.39 is 74.1 Å². The molecule has 3 heterocycles. The van der Waals surface area contributed by atoms with Crippen molar-refractivity contribution < 1.29 is 42.2 Å². The lowest BCUT2D eigenvalue weighted by Gasteiger charge is -2.31. The van der Waals surface area contributed by atoms with E-state index >= 15 is 0 Å². The minimum absolute atomic E-state index is 0.0145. The van der Waals surface area contributed by atoms with E-state index in [0.29, 0.717) is 43.4 Å². The SMILES string of the molecule is CCOc1cnc(O[C@@H]2C[C@H]3C(=O)N[C@]4(C(=O)NS(=O)(=O)C5(C)CC5)C[C@H]4C=C[C@@H](C)CCC[C@@H](C)[C@H](NC(=O)O)C(=O)N3C2)c2ccccc12. The number of carbonyl (C=O) groups excluding carboxylic acids is 3. The minimum Gasteiger partial charge on any atom is -0.492 e. The highest BCUT2D eigenvalue weighted by molar-refractivity contribution is 7.91. The van der Waals surface area contributed by atoms with Crippen LogP contribution in [0.4, 0.5) is 4.79 Å². The average Bonchev–Trinajstić information content (AvgIpc) is 3.97. The molecule has 2 saturated carbocycles. The third-order valence-electron chi connectivity index (χ3n) is 10.8. The van der Waals surface area contributed by atoms with E-state index in [1.807, 2.05) is 57.2 Å². The molecule has 2 aromatic rings. The maximum Gasteiger partial charge on any atom is 0.405 e. The molecule has 14 nitrogen and oxygen atoms in total. The van der Waals surface area contributed by atoms with Gasteiger partial charge in [0.2, 0.25) is 27.7 Å². The highest BCUT2D eigenvalue weighted by Gasteiger charge is 2.63. The van der Waals surface area contributed by atoms with Crippen LogP contribution in [0.1, 0.15) is 72.6 Å². The molecule has 0 unspecified atom stereocenters. The third kappa shape index (κ3) is 7.35. The van der Waals surface area contributed by atoms with Crippen LogP contribution in [0.25, 0.3) is 10.8 Å². The summed E-state index contributed by atoms with van der Waals surface area (Å²) < 4.78 is 39.6. The molecule has 2 aliphatic heterocycles. The molecule has 4 N–H and O–H groups in total. The van der Waals surface area contributed by atoms with Gasteiger partial charge in [-0.2, -0.15) is 0 Å². The predicted molar refractivity (Wildman–Crippen MR) is 187 cm³/mol. The Labute approximate surface area is 297 Å². The van der Waals surface area contributed by atoms with Gasteiger partial charge in [0.05, 0.1) is 24.1 Å². The number of carboxylic acid groups (broad SMARTS) is 1. The zero-order chi connectivity index (χ0) is 36.7. The molecule has 1 aromatic carbocycles. The van der Waals surface area contributed by atoms with Crippen LogP contribution >= 0.6 is 0 Å². The summed E-state index contributed by atoms with van der Waals surface area (Å²) in [5.41, 5.74) is -1.54. The molecule has 276 valence electrons. The Morgan fingerprint density at radius 1 is 1.12 bits per heavy atom. The summed E-state index contributed by atoms with van der Waals surface area (Å²) in [6.07, 6.45) is 6.34. The molecule has 0 radical (unpaired) electrons.